The highest BCUT2D eigenvalue weighted by Gasteiger charge is 2.65. The lowest BCUT2D eigenvalue weighted by Crippen LogP contribution is -2.62. The monoisotopic (exact) mass is 372 g/mol. The van der Waals surface area contributed by atoms with E-state index in [4.69, 9.17) is 0 Å². The largest absolute Gasteiger partial charge is 0.353 e. The topological polar surface area (TPSA) is 8.17 Å². The second kappa shape index (κ2) is 5.03. The van der Waals surface area contributed by atoms with Gasteiger partial charge in [-0.3, -0.25) is 0 Å². The zero-order valence-corrected chi connectivity index (χ0v) is 18.5. The minimum absolute atomic E-state index is 0.0461. The average molecular weight is 373 g/mol. The van der Waals surface area contributed by atoms with Gasteiger partial charge in [-0.2, -0.15) is 0 Å². The van der Waals surface area contributed by atoms with Gasteiger partial charge in [0, 0.05) is 40.3 Å². The predicted octanol–water partition coefficient (Wildman–Crippen LogP) is 6.60. The number of aryl methyl sites for hydroxylation is 2. The second-order valence-corrected chi connectivity index (χ2v) is 10.2. The van der Waals surface area contributed by atoms with Gasteiger partial charge in [0.1, 0.15) is 0 Å². The molecule has 3 heterocycles. The van der Waals surface area contributed by atoms with E-state index in [1.807, 2.05) is 0 Å². The number of anilines is 1. The van der Waals surface area contributed by atoms with Gasteiger partial charge in [-0.1, -0.05) is 64.1 Å². The molecule has 146 valence electrons. The number of fused-ring (bicyclic) bond motifs is 7. The SMILES string of the molecule is Cc1cccc2c1N1[C@@H](C)c3c(c4ccccc4n3C)C1(C)C(C)(C)C2(C)C. The Kier molecular flexibility index (Phi) is 3.21. The van der Waals surface area contributed by atoms with Gasteiger partial charge in [-0.15, -0.1) is 0 Å². The fraction of sp³-hybridized carbons (Fsp3) is 0.462. The van der Waals surface area contributed by atoms with Crippen LogP contribution in [0, 0.1) is 12.3 Å². The minimum Gasteiger partial charge on any atom is -0.353 e. The molecule has 1 unspecified atom stereocenters. The van der Waals surface area contributed by atoms with Crippen molar-refractivity contribution in [2.45, 2.75) is 65.5 Å². The molecule has 0 spiro atoms. The predicted molar refractivity (Wildman–Crippen MR) is 119 cm³/mol. The van der Waals surface area contributed by atoms with Crippen molar-refractivity contribution in [2.24, 2.45) is 12.5 Å². The van der Waals surface area contributed by atoms with Gasteiger partial charge in [0.25, 0.3) is 0 Å². The summed E-state index contributed by atoms with van der Waals surface area (Å²) in [6, 6.07) is 16.2. The van der Waals surface area contributed by atoms with Crippen LogP contribution >= 0.6 is 0 Å². The standard InChI is InChI=1S/C26H32N2/c1-16-12-11-14-19-22(16)28-17(2)23-21(18-13-9-10-15-20(18)27(23)8)26(28,7)25(5,6)24(19,3)4/h9-15,17H,1-8H3/t17-,26?/m0/s1. The highest BCUT2D eigenvalue weighted by atomic mass is 15.3. The van der Waals surface area contributed by atoms with Crippen molar-refractivity contribution in [2.75, 3.05) is 4.90 Å². The van der Waals surface area contributed by atoms with E-state index in [1.54, 1.807) is 0 Å². The van der Waals surface area contributed by atoms with Gasteiger partial charge in [0.15, 0.2) is 0 Å². The van der Waals surface area contributed by atoms with E-state index in [0.29, 0.717) is 6.04 Å². The lowest BCUT2D eigenvalue weighted by Gasteiger charge is -2.62. The molecule has 2 heteroatoms. The van der Waals surface area contributed by atoms with Crippen molar-refractivity contribution in [3.63, 3.8) is 0 Å². The second-order valence-electron chi connectivity index (χ2n) is 10.2. The van der Waals surface area contributed by atoms with Crippen molar-refractivity contribution in [1.82, 2.24) is 4.57 Å². The van der Waals surface area contributed by atoms with E-state index in [1.165, 1.54) is 39.0 Å². The Morgan fingerprint density at radius 1 is 0.893 bits per heavy atom. The minimum atomic E-state index is -0.0781. The molecule has 2 aliphatic heterocycles. The maximum absolute atomic E-state index is 2.75. The molecule has 0 N–H and O–H groups in total. The molecule has 2 aliphatic rings. The van der Waals surface area contributed by atoms with Crippen LogP contribution < -0.4 is 4.90 Å². The maximum atomic E-state index is 2.75. The highest BCUT2D eigenvalue weighted by Crippen LogP contribution is 2.68. The van der Waals surface area contributed by atoms with Crippen LogP contribution in [0.3, 0.4) is 0 Å². The molecule has 1 aromatic heterocycles. The average Bonchev–Trinajstić information content (AvgIpc) is 3.07. The Balaban J connectivity index is 1.98. The van der Waals surface area contributed by atoms with E-state index < -0.39 is 0 Å². The van der Waals surface area contributed by atoms with Crippen LogP contribution in [-0.4, -0.2) is 4.57 Å². The number of para-hydroxylation sites is 2. The van der Waals surface area contributed by atoms with Gasteiger partial charge in [0.05, 0.1) is 11.6 Å². The molecule has 5 rings (SSSR count). The summed E-state index contributed by atoms with van der Waals surface area (Å²) in [5.41, 5.74) is 8.70. The normalized spacial score (nSPS) is 26.9. The van der Waals surface area contributed by atoms with Crippen LogP contribution in [0.4, 0.5) is 5.69 Å². The number of rotatable bonds is 0. The molecule has 0 radical (unpaired) electrons. The van der Waals surface area contributed by atoms with Crippen LogP contribution in [0.15, 0.2) is 42.5 Å². The first-order valence-electron chi connectivity index (χ1n) is 10.5. The van der Waals surface area contributed by atoms with E-state index >= 15 is 0 Å². The molecule has 2 aromatic carbocycles. The van der Waals surface area contributed by atoms with Gasteiger partial charge >= 0.3 is 0 Å². The van der Waals surface area contributed by atoms with Crippen LogP contribution in [0.25, 0.3) is 10.9 Å². The van der Waals surface area contributed by atoms with Crippen LogP contribution in [-0.2, 0) is 18.0 Å². The first kappa shape index (κ1) is 17.8. The summed E-state index contributed by atoms with van der Waals surface area (Å²) in [6.07, 6.45) is 0. The molecule has 0 fully saturated rings. The third-order valence-electron chi connectivity index (χ3n) is 8.84. The van der Waals surface area contributed by atoms with Crippen LogP contribution in [0.1, 0.15) is 70.0 Å². The molecule has 0 bridgehead atoms. The Labute approximate surface area is 169 Å². The molecule has 3 aromatic rings. The van der Waals surface area contributed by atoms with Crippen molar-refractivity contribution in [3.05, 3.63) is 64.8 Å². The lowest BCUT2D eigenvalue weighted by molar-refractivity contribution is 0.0660. The fourth-order valence-corrected chi connectivity index (χ4v) is 6.50. The summed E-state index contributed by atoms with van der Waals surface area (Å²) < 4.78 is 2.44. The van der Waals surface area contributed by atoms with E-state index in [0.717, 1.165) is 0 Å². The Morgan fingerprint density at radius 2 is 1.57 bits per heavy atom. The number of hydrogen-bond acceptors (Lipinski definition) is 1. The molecule has 0 saturated heterocycles. The molecule has 2 nitrogen and oxygen atoms in total. The van der Waals surface area contributed by atoms with Gasteiger partial charge in [-0.25, -0.2) is 0 Å². The number of benzene rings is 2. The Morgan fingerprint density at radius 3 is 2.29 bits per heavy atom. The van der Waals surface area contributed by atoms with E-state index in [9.17, 15) is 0 Å². The third-order valence-corrected chi connectivity index (χ3v) is 8.84. The summed E-state index contributed by atoms with van der Waals surface area (Å²) in [6.45, 7) is 17.0. The molecule has 2 atom stereocenters. The fourth-order valence-electron chi connectivity index (χ4n) is 6.50. The van der Waals surface area contributed by atoms with Crippen molar-refractivity contribution in [1.29, 1.82) is 0 Å². The Bertz CT molecular complexity index is 1130. The lowest BCUT2D eigenvalue weighted by atomic mass is 9.51. The van der Waals surface area contributed by atoms with Crippen molar-refractivity contribution < 1.29 is 0 Å². The van der Waals surface area contributed by atoms with Gasteiger partial charge in [-0.05, 0) is 43.4 Å². The summed E-state index contributed by atoms with van der Waals surface area (Å²) in [5, 5.41) is 1.41. The zero-order valence-electron chi connectivity index (χ0n) is 18.5. The molecular weight excluding hydrogens is 340 g/mol. The van der Waals surface area contributed by atoms with E-state index in [2.05, 4.69) is 107 Å². The van der Waals surface area contributed by atoms with E-state index in [-0.39, 0.29) is 16.4 Å². The summed E-state index contributed by atoms with van der Waals surface area (Å²) >= 11 is 0. The van der Waals surface area contributed by atoms with Crippen molar-refractivity contribution in [3.8, 4) is 0 Å². The zero-order chi connectivity index (χ0) is 20.2. The summed E-state index contributed by atoms with van der Waals surface area (Å²) in [5.74, 6) is 0. The van der Waals surface area contributed by atoms with Crippen LogP contribution in [0.2, 0.25) is 0 Å². The molecule has 0 saturated carbocycles. The molecular formula is C26H32N2. The van der Waals surface area contributed by atoms with Gasteiger partial charge in [0.2, 0.25) is 0 Å². The van der Waals surface area contributed by atoms with Crippen LogP contribution in [0.5, 0.6) is 0 Å². The smallest absolute Gasteiger partial charge is 0.0716 e. The summed E-state index contributed by atoms with van der Waals surface area (Å²) in [7, 11) is 2.25. The molecule has 0 aliphatic carbocycles. The number of hydrogen-bond donors (Lipinski definition) is 0. The Hall–Kier alpha value is -2.22. The van der Waals surface area contributed by atoms with Crippen molar-refractivity contribution >= 4 is 16.6 Å². The van der Waals surface area contributed by atoms with Gasteiger partial charge < -0.3 is 9.47 Å². The maximum Gasteiger partial charge on any atom is 0.0716 e. The molecule has 28 heavy (non-hydrogen) atoms. The number of nitrogens with zero attached hydrogens (tertiary/aromatic N) is 2. The first-order valence-corrected chi connectivity index (χ1v) is 10.5. The highest BCUT2D eigenvalue weighted by molar-refractivity contribution is 5.90. The quantitative estimate of drug-likeness (QED) is 0.431. The number of aromatic nitrogens is 1. The summed E-state index contributed by atoms with van der Waals surface area (Å²) in [4.78, 5) is 2.75. The first-order chi connectivity index (χ1) is 13.1. The third kappa shape index (κ3) is 1.64. The molecule has 0 amide bonds.